The lowest BCUT2D eigenvalue weighted by molar-refractivity contribution is -0.126. The maximum atomic E-state index is 12.3. The molecule has 1 N–H and O–H groups in total. The number of rotatable bonds is 3. The first-order chi connectivity index (χ1) is 10.7. The number of carbonyl (C=O) groups excluding carboxylic acids is 2. The molecule has 3 rings (SSSR count). The minimum atomic E-state index is -0.316. The molecular weight excluding hydrogens is 280 g/mol. The Kier molecular flexibility index (Phi) is 3.96. The lowest BCUT2D eigenvalue weighted by Gasteiger charge is -2.18. The topological polar surface area (TPSA) is 76.4 Å². The third kappa shape index (κ3) is 2.89. The third-order valence-corrected chi connectivity index (χ3v) is 4.24. The van der Waals surface area contributed by atoms with E-state index in [1.165, 1.54) is 0 Å². The second kappa shape index (κ2) is 6.06. The molecular formula is C16H18N4O2. The van der Waals surface area contributed by atoms with Crippen molar-refractivity contribution in [2.24, 2.45) is 5.92 Å². The lowest BCUT2D eigenvalue weighted by Crippen LogP contribution is -2.41. The van der Waals surface area contributed by atoms with Gasteiger partial charge in [0.2, 0.25) is 11.8 Å². The van der Waals surface area contributed by atoms with E-state index in [2.05, 4.69) is 11.5 Å². The minimum absolute atomic E-state index is 0.00743. The van der Waals surface area contributed by atoms with Gasteiger partial charge in [0, 0.05) is 37.8 Å². The van der Waals surface area contributed by atoms with E-state index < -0.39 is 0 Å². The van der Waals surface area contributed by atoms with Crippen LogP contribution >= 0.6 is 0 Å². The Morgan fingerprint density at radius 1 is 1.27 bits per heavy atom. The molecule has 2 fully saturated rings. The van der Waals surface area contributed by atoms with Gasteiger partial charge in [0.05, 0.1) is 5.92 Å². The van der Waals surface area contributed by atoms with Gasteiger partial charge in [-0.25, -0.2) is 0 Å². The summed E-state index contributed by atoms with van der Waals surface area (Å²) >= 11 is 0. The highest BCUT2D eigenvalue weighted by atomic mass is 16.2. The zero-order chi connectivity index (χ0) is 15.5. The van der Waals surface area contributed by atoms with Crippen molar-refractivity contribution in [2.75, 3.05) is 24.5 Å². The molecule has 0 spiro atoms. The number of hydrogen-bond acceptors (Lipinski definition) is 4. The summed E-state index contributed by atoms with van der Waals surface area (Å²) in [6.45, 7) is 1.66. The van der Waals surface area contributed by atoms with Gasteiger partial charge in [-0.15, -0.1) is 0 Å². The van der Waals surface area contributed by atoms with Crippen LogP contribution in [0.2, 0.25) is 0 Å². The molecule has 6 nitrogen and oxygen atoms in total. The molecule has 0 aromatic heterocycles. The first kappa shape index (κ1) is 14.4. The number of amides is 2. The Bertz CT molecular complexity index is 610. The van der Waals surface area contributed by atoms with Gasteiger partial charge in [0.1, 0.15) is 0 Å². The summed E-state index contributed by atoms with van der Waals surface area (Å²) in [5, 5.41) is 11.8. The molecule has 1 unspecified atom stereocenters. The fraction of sp³-hybridized carbons (Fsp3) is 0.438. The van der Waals surface area contributed by atoms with Gasteiger partial charge in [-0.2, -0.15) is 5.26 Å². The average molecular weight is 298 g/mol. The summed E-state index contributed by atoms with van der Waals surface area (Å²) in [5.41, 5.74) is 0.833. The number of nitrogens with one attached hydrogen (secondary N) is 1. The number of nitrogens with zero attached hydrogens (tertiary/aromatic N) is 3. The largest absolute Gasteiger partial charge is 0.351 e. The first-order valence-corrected chi connectivity index (χ1v) is 7.48. The maximum absolute atomic E-state index is 12.3. The van der Waals surface area contributed by atoms with E-state index in [0.29, 0.717) is 19.6 Å². The number of hydrogen-bond donors (Lipinski definition) is 1. The molecule has 6 heteroatoms. The van der Waals surface area contributed by atoms with Crippen LogP contribution in [0.5, 0.6) is 0 Å². The van der Waals surface area contributed by atoms with Gasteiger partial charge >= 0.3 is 0 Å². The van der Waals surface area contributed by atoms with Crippen molar-refractivity contribution >= 4 is 17.5 Å². The number of likely N-dealkylation sites (tertiary alicyclic amines) is 1. The van der Waals surface area contributed by atoms with Gasteiger partial charge in [0.15, 0.2) is 6.19 Å². The minimum Gasteiger partial charge on any atom is -0.351 e. The van der Waals surface area contributed by atoms with Crippen LogP contribution in [-0.2, 0) is 9.59 Å². The van der Waals surface area contributed by atoms with Crippen LogP contribution in [0.25, 0.3) is 0 Å². The Morgan fingerprint density at radius 3 is 2.73 bits per heavy atom. The van der Waals surface area contributed by atoms with Gasteiger partial charge in [-0.1, -0.05) is 18.2 Å². The van der Waals surface area contributed by atoms with E-state index in [4.69, 9.17) is 5.26 Å². The predicted octanol–water partition coefficient (Wildman–Crippen LogP) is 0.711. The number of anilines is 1. The smallest absolute Gasteiger partial charge is 0.227 e. The molecule has 2 heterocycles. The van der Waals surface area contributed by atoms with Crippen molar-refractivity contribution < 1.29 is 9.59 Å². The molecule has 0 bridgehead atoms. The van der Waals surface area contributed by atoms with E-state index >= 15 is 0 Å². The molecule has 114 valence electrons. The molecule has 1 aromatic rings. The van der Waals surface area contributed by atoms with Crippen LogP contribution in [0, 0.1) is 17.4 Å². The Morgan fingerprint density at radius 2 is 2.05 bits per heavy atom. The number of nitriles is 1. The number of benzene rings is 1. The zero-order valence-electron chi connectivity index (χ0n) is 12.2. The van der Waals surface area contributed by atoms with Gasteiger partial charge in [-0.3, -0.25) is 9.59 Å². The van der Waals surface area contributed by atoms with Crippen LogP contribution in [0.3, 0.4) is 0 Å². The van der Waals surface area contributed by atoms with Gasteiger partial charge < -0.3 is 15.1 Å². The van der Waals surface area contributed by atoms with Crippen molar-refractivity contribution in [2.45, 2.75) is 18.9 Å². The van der Waals surface area contributed by atoms with E-state index in [-0.39, 0.29) is 30.2 Å². The fourth-order valence-corrected chi connectivity index (χ4v) is 3.03. The number of carbonyl (C=O) groups is 2. The van der Waals surface area contributed by atoms with Crippen molar-refractivity contribution in [3.05, 3.63) is 30.3 Å². The molecule has 22 heavy (non-hydrogen) atoms. The standard InChI is InChI=1S/C16H18N4O2/c17-11-19-7-6-13(10-19)18-16(22)12-8-15(21)20(9-12)14-4-2-1-3-5-14/h1-5,12-13H,6-10H2,(H,18,22)/t12?,13-/m1/s1. The SMILES string of the molecule is N#CN1CC[C@@H](NC(=O)C2CC(=O)N(c3ccccc3)C2)C1. The molecule has 2 aliphatic heterocycles. The normalized spacial score (nSPS) is 24.4. The summed E-state index contributed by atoms with van der Waals surface area (Å²) in [6.07, 6.45) is 3.12. The second-order valence-corrected chi connectivity index (χ2v) is 5.78. The van der Waals surface area contributed by atoms with E-state index in [0.717, 1.165) is 12.1 Å². The first-order valence-electron chi connectivity index (χ1n) is 7.48. The summed E-state index contributed by atoms with van der Waals surface area (Å²) in [6, 6.07) is 9.42. The predicted molar refractivity (Wildman–Crippen MR) is 80.6 cm³/mol. The Balaban J connectivity index is 1.59. The highest BCUT2D eigenvalue weighted by molar-refractivity contribution is 6.00. The zero-order valence-corrected chi connectivity index (χ0v) is 12.2. The van der Waals surface area contributed by atoms with E-state index in [9.17, 15) is 9.59 Å². The Hall–Kier alpha value is -2.55. The lowest BCUT2D eigenvalue weighted by atomic mass is 10.1. The van der Waals surface area contributed by atoms with Crippen LogP contribution in [0.4, 0.5) is 5.69 Å². The highest BCUT2D eigenvalue weighted by Gasteiger charge is 2.36. The number of para-hydroxylation sites is 1. The molecule has 0 aliphatic carbocycles. The van der Waals surface area contributed by atoms with Gasteiger partial charge in [-0.05, 0) is 18.6 Å². The Labute approximate surface area is 129 Å². The van der Waals surface area contributed by atoms with Crippen molar-refractivity contribution in [3.8, 4) is 6.19 Å². The summed E-state index contributed by atoms with van der Waals surface area (Å²) < 4.78 is 0. The van der Waals surface area contributed by atoms with E-state index in [1.54, 1.807) is 9.80 Å². The van der Waals surface area contributed by atoms with Crippen molar-refractivity contribution in [1.82, 2.24) is 10.2 Å². The molecule has 2 atom stereocenters. The molecule has 2 aliphatic rings. The van der Waals surface area contributed by atoms with Gasteiger partial charge in [0.25, 0.3) is 0 Å². The average Bonchev–Trinajstić information content (AvgIpc) is 3.14. The molecule has 0 radical (unpaired) electrons. The second-order valence-electron chi connectivity index (χ2n) is 5.78. The van der Waals surface area contributed by atoms with Crippen LogP contribution in [0.1, 0.15) is 12.8 Å². The van der Waals surface area contributed by atoms with Crippen molar-refractivity contribution in [3.63, 3.8) is 0 Å². The maximum Gasteiger partial charge on any atom is 0.227 e. The molecule has 2 saturated heterocycles. The molecule has 1 aromatic carbocycles. The summed E-state index contributed by atoms with van der Waals surface area (Å²) in [4.78, 5) is 27.8. The summed E-state index contributed by atoms with van der Waals surface area (Å²) in [5.74, 6) is -0.420. The van der Waals surface area contributed by atoms with Crippen molar-refractivity contribution in [1.29, 1.82) is 5.26 Å². The van der Waals surface area contributed by atoms with Crippen LogP contribution in [-0.4, -0.2) is 42.4 Å². The summed E-state index contributed by atoms with van der Waals surface area (Å²) in [7, 11) is 0. The fourth-order valence-electron chi connectivity index (χ4n) is 3.03. The van der Waals surface area contributed by atoms with Crippen LogP contribution in [0.15, 0.2) is 30.3 Å². The quantitative estimate of drug-likeness (QED) is 0.834. The highest BCUT2D eigenvalue weighted by Crippen LogP contribution is 2.25. The van der Waals surface area contributed by atoms with E-state index in [1.807, 2.05) is 30.3 Å². The monoisotopic (exact) mass is 298 g/mol. The molecule has 2 amide bonds. The molecule has 0 saturated carbocycles. The van der Waals surface area contributed by atoms with Crippen LogP contribution < -0.4 is 10.2 Å². The third-order valence-electron chi connectivity index (χ3n) is 4.24.